The number of carbonyl (C=O) groups is 4. The predicted octanol–water partition coefficient (Wildman–Crippen LogP) is 5.35. The van der Waals surface area contributed by atoms with Crippen molar-refractivity contribution in [2.24, 2.45) is 5.41 Å². The van der Waals surface area contributed by atoms with Crippen LogP contribution in [0.2, 0.25) is 0 Å². The highest BCUT2D eigenvalue weighted by molar-refractivity contribution is 6.08. The summed E-state index contributed by atoms with van der Waals surface area (Å²) < 4.78 is 8.91. The SMILES string of the molecule is C=C(O)C(=O)OC(=O)C(C)(CNCCCCCCCCCCCCCCCC)C(=O)OC(=O)C(=C)O. The normalized spacial score (nSPS) is 11.1. The van der Waals surface area contributed by atoms with Crippen molar-refractivity contribution in [3.63, 3.8) is 0 Å². The predicted molar refractivity (Wildman–Crippen MR) is 137 cm³/mol. The van der Waals surface area contributed by atoms with Crippen LogP contribution < -0.4 is 5.32 Å². The molecular weight excluding hydrogens is 466 g/mol. The van der Waals surface area contributed by atoms with Gasteiger partial charge in [0.05, 0.1) is 0 Å². The molecule has 0 aliphatic rings. The molecule has 0 saturated carbocycles. The van der Waals surface area contributed by atoms with E-state index in [-0.39, 0.29) is 6.54 Å². The van der Waals surface area contributed by atoms with E-state index in [9.17, 15) is 19.2 Å². The molecule has 0 atom stereocenters. The minimum Gasteiger partial charge on any atom is -0.502 e. The Bertz CT molecular complexity index is 691. The fourth-order valence-electron chi connectivity index (χ4n) is 3.52. The van der Waals surface area contributed by atoms with Crippen LogP contribution in [0.3, 0.4) is 0 Å². The Hall–Kier alpha value is -2.68. The third-order valence-electron chi connectivity index (χ3n) is 5.93. The number of aliphatic hydroxyl groups is 2. The van der Waals surface area contributed by atoms with Crippen molar-refractivity contribution in [3.05, 3.63) is 24.7 Å². The zero-order valence-electron chi connectivity index (χ0n) is 22.1. The molecule has 9 nitrogen and oxygen atoms in total. The average Bonchev–Trinajstić information content (AvgIpc) is 2.83. The fraction of sp³-hybridized carbons (Fsp3) is 0.704. The first kappa shape index (κ1) is 33.3. The molecule has 0 radical (unpaired) electrons. The highest BCUT2D eigenvalue weighted by Crippen LogP contribution is 2.22. The monoisotopic (exact) mass is 511 g/mol. The van der Waals surface area contributed by atoms with Crippen molar-refractivity contribution in [2.45, 2.75) is 104 Å². The van der Waals surface area contributed by atoms with Gasteiger partial charge in [-0.15, -0.1) is 0 Å². The minimum absolute atomic E-state index is 0.292. The highest BCUT2D eigenvalue weighted by atomic mass is 16.6. The lowest BCUT2D eigenvalue weighted by atomic mass is 9.90. The number of unbranched alkanes of at least 4 members (excludes halogenated alkanes) is 13. The lowest BCUT2D eigenvalue weighted by Crippen LogP contribution is -2.48. The first-order valence-corrected chi connectivity index (χ1v) is 13.1. The smallest absolute Gasteiger partial charge is 0.380 e. The molecule has 0 bridgehead atoms. The van der Waals surface area contributed by atoms with Gasteiger partial charge in [-0.2, -0.15) is 0 Å². The molecule has 0 spiro atoms. The van der Waals surface area contributed by atoms with Crippen LogP contribution in [-0.2, 0) is 28.7 Å². The number of hydrogen-bond acceptors (Lipinski definition) is 9. The number of esters is 4. The van der Waals surface area contributed by atoms with E-state index in [4.69, 9.17) is 10.2 Å². The second-order valence-corrected chi connectivity index (χ2v) is 9.35. The molecule has 0 heterocycles. The van der Waals surface area contributed by atoms with Crippen molar-refractivity contribution in [3.8, 4) is 0 Å². The topological polar surface area (TPSA) is 139 Å². The molecule has 0 aromatic heterocycles. The van der Waals surface area contributed by atoms with Gasteiger partial charge in [0.2, 0.25) is 0 Å². The molecule has 36 heavy (non-hydrogen) atoms. The van der Waals surface area contributed by atoms with Crippen LogP contribution in [0.5, 0.6) is 0 Å². The van der Waals surface area contributed by atoms with E-state index in [1.165, 1.54) is 64.2 Å². The lowest BCUT2D eigenvalue weighted by molar-refractivity contribution is -0.177. The maximum absolute atomic E-state index is 12.4. The number of carbonyl (C=O) groups excluding carboxylic acids is 4. The fourth-order valence-corrected chi connectivity index (χ4v) is 3.52. The third-order valence-corrected chi connectivity index (χ3v) is 5.93. The van der Waals surface area contributed by atoms with Crippen molar-refractivity contribution in [2.75, 3.05) is 13.1 Å². The summed E-state index contributed by atoms with van der Waals surface area (Å²) in [5, 5.41) is 21.1. The van der Waals surface area contributed by atoms with Gasteiger partial charge >= 0.3 is 23.9 Å². The summed E-state index contributed by atoms with van der Waals surface area (Å²) in [4.78, 5) is 47.8. The van der Waals surface area contributed by atoms with Gasteiger partial charge < -0.3 is 25.0 Å². The van der Waals surface area contributed by atoms with Crippen LogP contribution in [0.15, 0.2) is 24.7 Å². The Kier molecular flexibility index (Phi) is 18.0. The van der Waals surface area contributed by atoms with E-state index in [1.807, 2.05) is 0 Å². The molecule has 3 N–H and O–H groups in total. The maximum atomic E-state index is 12.4. The molecule has 206 valence electrons. The molecule has 0 saturated heterocycles. The van der Waals surface area contributed by atoms with E-state index < -0.39 is 40.8 Å². The van der Waals surface area contributed by atoms with Crippen molar-refractivity contribution >= 4 is 23.9 Å². The molecule has 0 aromatic carbocycles. The molecule has 0 rings (SSSR count). The standard InChI is InChI=1S/C27H45NO8/c1-5-6-7-8-9-10-11-12-13-14-15-16-17-18-19-28-20-27(4,25(33)35-23(31)21(2)29)26(34)36-24(32)22(3)30/h28-30H,2-3,5-20H2,1,4H3. The molecule has 0 aliphatic heterocycles. The number of rotatable bonds is 21. The second kappa shape index (κ2) is 19.5. The van der Waals surface area contributed by atoms with Gasteiger partial charge in [0.1, 0.15) is 0 Å². The number of nitrogens with one attached hydrogen (secondary N) is 1. The van der Waals surface area contributed by atoms with Gasteiger partial charge in [0, 0.05) is 6.54 Å². The molecule has 0 aromatic rings. The Morgan fingerprint density at radius 1 is 0.667 bits per heavy atom. The Morgan fingerprint density at radius 3 is 1.33 bits per heavy atom. The van der Waals surface area contributed by atoms with Gasteiger partial charge in [-0.3, -0.25) is 9.59 Å². The van der Waals surface area contributed by atoms with Crippen LogP contribution in [0.25, 0.3) is 0 Å². The summed E-state index contributed by atoms with van der Waals surface area (Å²) in [6.45, 7) is 9.45. The van der Waals surface area contributed by atoms with Crippen LogP contribution >= 0.6 is 0 Å². The minimum atomic E-state index is -2.09. The van der Waals surface area contributed by atoms with Crippen molar-refractivity contribution in [1.82, 2.24) is 5.32 Å². The Morgan fingerprint density at radius 2 is 1.00 bits per heavy atom. The summed E-state index contributed by atoms with van der Waals surface area (Å²) in [6, 6.07) is 0. The van der Waals surface area contributed by atoms with Gasteiger partial charge in [0.15, 0.2) is 16.9 Å². The molecule has 0 aliphatic carbocycles. The van der Waals surface area contributed by atoms with Crippen molar-refractivity contribution < 1.29 is 38.9 Å². The largest absolute Gasteiger partial charge is 0.502 e. The summed E-state index contributed by atoms with van der Waals surface area (Å²) in [5.74, 6) is -7.56. The molecule has 0 amide bonds. The van der Waals surface area contributed by atoms with E-state index >= 15 is 0 Å². The van der Waals surface area contributed by atoms with E-state index in [0.717, 1.165) is 32.6 Å². The summed E-state index contributed by atoms with van der Waals surface area (Å²) in [5.41, 5.74) is -2.09. The summed E-state index contributed by atoms with van der Waals surface area (Å²) in [6.07, 6.45) is 17.1. The quantitative estimate of drug-likeness (QED) is 0.0612. The molecule has 0 fully saturated rings. The first-order valence-electron chi connectivity index (χ1n) is 13.1. The van der Waals surface area contributed by atoms with Gasteiger partial charge in [0.25, 0.3) is 0 Å². The van der Waals surface area contributed by atoms with E-state index in [1.54, 1.807) is 0 Å². The van der Waals surface area contributed by atoms with Crippen LogP contribution in [0.1, 0.15) is 104 Å². The first-order chi connectivity index (χ1) is 17.1. The van der Waals surface area contributed by atoms with Crippen LogP contribution in [0, 0.1) is 5.41 Å². The Labute approximate surface area is 215 Å². The zero-order valence-corrected chi connectivity index (χ0v) is 22.1. The van der Waals surface area contributed by atoms with Gasteiger partial charge in [-0.05, 0) is 33.0 Å². The summed E-state index contributed by atoms with van der Waals surface area (Å²) >= 11 is 0. The van der Waals surface area contributed by atoms with Gasteiger partial charge in [-0.25, -0.2) is 9.59 Å². The lowest BCUT2D eigenvalue weighted by Gasteiger charge is -2.24. The van der Waals surface area contributed by atoms with Crippen molar-refractivity contribution in [1.29, 1.82) is 0 Å². The third kappa shape index (κ3) is 14.7. The highest BCUT2D eigenvalue weighted by Gasteiger charge is 2.46. The van der Waals surface area contributed by atoms with E-state index in [0.29, 0.717) is 6.54 Å². The van der Waals surface area contributed by atoms with Crippen LogP contribution in [0.4, 0.5) is 0 Å². The van der Waals surface area contributed by atoms with E-state index in [2.05, 4.69) is 34.9 Å². The second-order valence-electron chi connectivity index (χ2n) is 9.35. The molecule has 0 unspecified atom stereocenters. The van der Waals surface area contributed by atoms with Crippen LogP contribution in [-0.4, -0.2) is 47.2 Å². The molecular formula is C27H45NO8. The summed E-state index contributed by atoms with van der Waals surface area (Å²) in [7, 11) is 0. The number of hydrogen-bond donors (Lipinski definition) is 3. The number of ether oxygens (including phenoxy) is 2. The average molecular weight is 512 g/mol. The van der Waals surface area contributed by atoms with Gasteiger partial charge in [-0.1, -0.05) is 90.4 Å². The molecule has 9 heteroatoms. The zero-order chi connectivity index (χ0) is 27.4. The Balaban J connectivity index is 4.26. The maximum Gasteiger partial charge on any atom is 0.380 e. The number of aliphatic hydroxyl groups excluding tert-OH is 2.